The first kappa shape index (κ1) is 21.0. The van der Waals surface area contributed by atoms with E-state index < -0.39 is 38.9 Å². The number of benzene rings is 1. The molecule has 0 bridgehead atoms. The average molecular weight is 388 g/mol. The third-order valence-corrected chi connectivity index (χ3v) is 4.96. The van der Waals surface area contributed by atoms with E-state index in [1.807, 2.05) is 0 Å². The highest BCUT2D eigenvalue weighted by atomic mass is 31.2. The summed E-state index contributed by atoms with van der Waals surface area (Å²) in [6.45, 7) is 0. The van der Waals surface area contributed by atoms with Gasteiger partial charge in [-0.25, -0.2) is 4.79 Å². The minimum Gasteiger partial charge on any atom is -0.388 e. The van der Waals surface area contributed by atoms with E-state index in [0.29, 0.717) is 5.69 Å². The van der Waals surface area contributed by atoms with Crippen LogP contribution in [-0.4, -0.2) is 74.9 Å². The number of ether oxygens (including phenoxy) is 1. The molecule has 7 N–H and O–H groups in total. The molecule has 1 aromatic carbocycles. The standard InChI is InChI=1S/C16H25N2O7P/c1-17-16(22)18-10-4-2-9(3-5-10)8-12-14(20)15(21)13(19)11(25-12)6-7-26(23)24/h2-5,11-15,19-21,23-24H,6-8H2,1H3,(H2,17,18,22)/t11?,12-,13-,14?,15?/m1/s1. The Bertz CT molecular complexity index is 586. The molecule has 9 nitrogen and oxygen atoms in total. The number of carbonyl (C=O) groups is 1. The summed E-state index contributed by atoms with van der Waals surface area (Å²) < 4.78 is 5.70. The molecule has 146 valence electrons. The summed E-state index contributed by atoms with van der Waals surface area (Å²) in [5.41, 5.74) is 1.41. The topological polar surface area (TPSA) is 152 Å². The minimum atomic E-state index is -2.12. The maximum Gasteiger partial charge on any atom is 0.318 e. The third-order valence-electron chi connectivity index (χ3n) is 4.30. The maximum absolute atomic E-state index is 11.3. The van der Waals surface area contributed by atoms with Crippen LogP contribution in [0.5, 0.6) is 0 Å². The zero-order valence-corrected chi connectivity index (χ0v) is 15.2. The Labute approximate surface area is 152 Å². The Kier molecular flexibility index (Phi) is 7.72. The molecule has 5 atom stereocenters. The molecule has 0 saturated carbocycles. The molecule has 1 fully saturated rings. The van der Waals surface area contributed by atoms with Crippen molar-refractivity contribution in [3.8, 4) is 0 Å². The van der Waals surface area contributed by atoms with Gasteiger partial charge in [0.25, 0.3) is 0 Å². The van der Waals surface area contributed by atoms with E-state index in [-0.39, 0.29) is 25.0 Å². The highest BCUT2D eigenvalue weighted by Crippen LogP contribution is 2.30. The van der Waals surface area contributed by atoms with Gasteiger partial charge >= 0.3 is 6.03 Å². The summed E-state index contributed by atoms with van der Waals surface area (Å²) in [5, 5.41) is 35.3. The van der Waals surface area contributed by atoms with Gasteiger partial charge in [0.15, 0.2) is 8.38 Å². The van der Waals surface area contributed by atoms with Crippen LogP contribution in [-0.2, 0) is 11.2 Å². The summed E-state index contributed by atoms with van der Waals surface area (Å²) in [4.78, 5) is 29.3. The Morgan fingerprint density at radius 1 is 1.08 bits per heavy atom. The minimum absolute atomic E-state index is 0.0481. The first-order valence-electron chi connectivity index (χ1n) is 8.24. The summed E-state index contributed by atoms with van der Waals surface area (Å²) in [5.74, 6) is 0. The fourth-order valence-corrected chi connectivity index (χ4v) is 3.31. The van der Waals surface area contributed by atoms with Crippen molar-refractivity contribution in [2.45, 2.75) is 43.4 Å². The molecule has 1 aliphatic rings. The van der Waals surface area contributed by atoms with Crippen molar-refractivity contribution in [3.63, 3.8) is 0 Å². The molecule has 10 heteroatoms. The average Bonchev–Trinajstić information content (AvgIpc) is 2.62. The summed E-state index contributed by atoms with van der Waals surface area (Å²) in [6, 6.07) is 6.58. The van der Waals surface area contributed by atoms with Crippen molar-refractivity contribution < 1.29 is 34.6 Å². The second-order valence-electron chi connectivity index (χ2n) is 6.17. The fourth-order valence-electron chi connectivity index (χ4n) is 2.83. The molecule has 1 heterocycles. The monoisotopic (exact) mass is 388 g/mol. The highest BCUT2D eigenvalue weighted by Gasteiger charge is 2.43. The van der Waals surface area contributed by atoms with Crippen LogP contribution in [0.25, 0.3) is 0 Å². The smallest absolute Gasteiger partial charge is 0.318 e. The first-order valence-corrected chi connectivity index (χ1v) is 9.67. The second-order valence-corrected chi connectivity index (χ2v) is 7.37. The van der Waals surface area contributed by atoms with Gasteiger partial charge in [0.05, 0.1) is 12.2 Å². The van der Waals surface area contributed by atoms with Crippen molar-refractivity contribution in [2.24, 2.45) is 0 Å². The van der Waals surface area contributed by atoms with Crippen molar-refractivity contribution in [1.82, 2.24) is 5.32 Å². The van der Waals surface area contributed by atoms with Crippen LogP contribution < -0.4 is 10.6 Å². The van der Waals surface area contributed by atoms with Gasteiger partial charge in [0.1, 0.15) is 18.3 Å². The normalized spacial score (nSPS) is 28.8. The highest BCUT2D eigenvalue weighted by molar-refractivity contribution is 7.45. The number of rotatable bonds is 6. The number of hydrogen-bond donors (Lipinski definition) is 7. The molecule has 0 spiro atoms. The van der Waals surface area contributed by atoms with Crippen LogP contribution in [0.1, 0.15) is 12.0 Å². The van der Waals surface area contributed by atoms with Gasteiger partial charge in [-0.2, -0.15) is 0 Å². The molecular formula is C16H25N2O7P. The molecule has 1 aliphatic heterocycles. The van der Waals surface area contributed by atoms with Crippen LogP contribution >= 0.6 is 8.38 Å². The number of anilines is 1. The Morgan fingerprint density at radius 2 is 1.69 bits per heavy atom. The summed E-state index contributed by atoms with van der Waals surface area (Å²) >= 11 is 0. The fraction of sp³-hybridized carbons (Fsp3) is 0.562. The Hall–Kier alpha value is -1.32. The number of aliphatic hydroxyl groups excluding tert-OH is 3. The molecule has 26 heavy (non-hydrogen) atoms. The predicted octanol–water partition coefficient (Wildman–Crippen LogP) is -0.483. The molecule has 3 unspecified atom stereocenters. The van der Waals surface area contributed by atoms with Crippen molar-refractivity contribution >= 4 is 20.1 Å². The second kappa shape index (κ2) is 9.57. The number of amides is 2. The van der Waals surface area contributed by atoms with E-state index in [9.17, 15) is 20.1 Å². The molecule has 0 aromatic heterocycles. The molecule has 1 saturated heterocycles. The van der Waals surface area contributed by atoms with Gasteiger partial charge < -0.3 is 40.5 Å². The number of urea groups is 1. The zero-order chi connectivity index (χ0) is 19.3. The van der Waals surface area contributed by atoms with Crippen molar-refractivity contribution in [3.05, 3.63) is 29.8 Å². The molecule has 2 rings (SSSR count). The lowest BCUT2D eigenvalue weighted by molar-refractivity contribution is -0.221. The van der Waals surface area contributed by atoms with Gasteiger partial charge in [0.2, 0.25) is 0 Å². The van der Waals surface area contributed by atoms with E-state index in [1.165, 1.54) is 7.05 Å². The summed E-state index contributed by atoms with van der Waals surface area (Å²) in [6.07, 6.45) is -4.99. The van der Waals surface area contributed by atoms with E-state index >= 15 is 0 Å². The van der Waals surface area contributed by atoms with Crippen molar-refractivity contribution in [2.75, 3.05) is 18.5 Å². The van der Waals surface area contributed by atoms with E-state index in [4.69, 9.17) is 14.5 Å². The lowest BCUT2D eigenvalue weighted by Gasteiger charge is -2.41. The largest absolute Gasteiger partial charge is 0.388 e. The van der Waals surface area contributed by atoms with Gasteiger partial charge in [-0.15, -0.1) is 0 Å². The van der Waals surface area contributed by atoms with E-state index in [1.54, 1.807) is 24.3 Å². The SMILES string of the molecule is CNC(=O)Nc1ccc(C[C@H]2OC(CCP(O)O)[C@@H](O)C(O)C2O)cc1. The van der Waals surface area contributed by atoms with E-state index in [2.05, 4.69) is 10.6 Å². The lowest BCUT2D eigenvalue weighted by Crippen LogP contribution is -2.58. The van der Waals surface area contributed by atoms with Crippen LogP contribution in [0.4, 0.5) is 10.5 Å². The molecule has 2 amide bonds. The van der Waals surface area contributed by atoms with Crippen molar-refractivity contribution in [1.29, 1.82) is 0 Å². The number of hydrogen-bond acceptors (Lipinski definition) is 7. The number of carbonyl (C=O) groups excluding carboxylic acids is 1. The van der Waals surface area contributed by atoms with Gasteiger partial charge in [-0.05, 0) is 24.1 Å². The van der Waals surface area contributed by atoms with Crippen LogP contribution in [0, 0.1) is 0 Å². The molecule has 0 radical (unpaired) electrons. The molecule has 0 aliphatic carbocycles. The Balaban J connectivity index is 2.01. The Morgan fingerprint density at radius 3 is 2.27 bits per heavy atom. The van der Waals surface area contributed by atoms with Gasteiger partial charge in [0, 0.05) is 25.3 Å². The first-order chi connectivity index (χ1) is 12.3. The quantitative estimate of drug-likeness (QED) is 0.325. The van der Waals surface area contributed by atoms with Gasteiger partial charge in [-0.1, -0.05) is 12.1 Å². The van der Waals surface area contributed by atoms with Gasteiger partial charge in [-0.3, -0.25) is 0 Å². The molecular weight excluding hydrogens is 363 g/mol. The molecule has 1 aromatic rings. The summed E-state index contributed by atoms with van der Waals surface area (Å²) in [7, 11) is -0.607. The lowest BCUT2D eigenvalue weighted by atomic mass is 9.90. The van der Waals surface area contributed by atoms with Crippen LogP contribution in [0.15, 0.2) is 24.3 Å². The zero-order valence-electron chi connectivity index (χ0n) is 14.3. The van der Waals surface area contributed by atoms with Crippen LogP contribution in [0.2, 0.25) is 0 Å². The van der Waals surface area contributed by atoms with E-state index in [0.717, 1.165) is 5.56 Å². The number of aliphatic hydroxyl groups is 3. The third kappa shape index (κ3) is 5.59. The van der Waals surface area contributed by atoms with Crippen LogP contribution in [0.3, 0.4) is 0 Å². The number of nitrogens with one attached hydrogen (secondary N) is 2. The predicted molar refractivity (Wildman–Crippen MR) is 95.7 cm³/mol. The maximum atomic E-state index is 11.3.